The van der Waals surface area contributed by atoms with Crippen LogP contribution in [0.1, 0.15) is 28.8 Å². The predicted molar refractivity (Wildman–Crippen MR) is 100 cm³/mol. The van der Waals surface area contributed by atoms with Gasteiger partial charge in [-0.05, 0) is 42.7 Å². The minimum absolute atomic E-state index is 0.0195. The van der Waals surface area contributed by atoms with E-state index < -0.39 is 0 Å². The van der Waals surface area contributed by atoms with Crippen LogP contribution in [0.25, 0.3) is 0 Å². The van der Waals surface area contributed by atoms with Crippen molar-refractivity contribution in [1.82, 2.24) is 4.90 Å². The van der Waals surface area contributed by atoms with Crippen LogP contribution in [0.15, 0.2) is 42.5 Å². The molecule has 132 valence electrons. The van der Waals surface area contributed by atoms with Gasteiger partial charge in [-0.2, -0.15) is 0 Å². The summed E-state index contributed by atoms with van der Waals surface area (Å²) in [6.07, 6.45) is 1.74. The monoisotopic (exact) mass is 378 g/mol. The van der Waals surface area contributed by atoms with E-state index in [0.717, 1.165) is 24.9 Å². The van der Waals surface area contributed by atoms with Crippen molar-refractivity contribution in [2.75, 3.05) is 13.1 Å². The van der Waals surface area contributed by atoms with Gasteiger partial charge in [0.25, 0.3) is 5.91 Å². The van der Waals surface area contributed by atoms with E-state index >= 15 is 0 Å². The lowest BCUT2D eigenvalue weighted by Gasteiger charge is -2.33. The Balaban J connectivity index is 1.65. The third-order valence-corrected chi connectivity index (χ3v) is 5.03. The van der Waals surface area contributed by atoms with Gasteiger partial charge in [0.15, 0.2) is 0 Å². The number of halogens is 2. The fourth-order valence-corrected chi connectivity index (χ4v) is 3.22. The van der Waals surface area contributed by atoms with Crippen LogP contribution in [0.5, 0.6) is 5.75 Å². The van der Waals surface area contributed by atoms with Gasteiger partial charge >= 0.3 is 0 Å². The molecule has 0 radical (unpaired) electrons. The molecular formula is C19H20Cl2N2O2. The van der Waals surface area contributed by atoms with Gasteiger partial charge in [-0.25, -0.2) is 0 Å². The Kier molecular flexibility index (Phi) is 5.84. The molecule has 1 saturated heterocycles. The van der Waals surface area contributed by atoms with Gasteiger partial charge in [-0.3, -0.25) is 4.79 Å². The van der Waals surface area contributed by atoms with Crippen molar-refractivity contribution < 1.29 is 9.53 Å². The molecule has 1 unspecified atom stereocenters. The van der Waals surface area contributed by atoms with Crippen molar-refractivity contribution in [3.8, 4) is 5.75 Å². The molecule has 0 bridgehead atoms. The molecule has 0 spiro atoms. The second-order valence-corrected chi connectivity index (χ2v) is 6.92. The van der Waals surface area contributed by atoms with Crippen molar-refractivity contribution in [2.24, 2.45) is 5.73 Å². The minimum Gasteiger partial charge on any atom is -0.489 e. The maximum absolute atomic E-state index is 12.7. The molecule has 3 rings (SSSR count). The third-order valence-electron chi connectivity index (χ3n) is 4.30. The predicted octanol–water partition coefficient (Wildman–Crippen LogP) is 4.14. The van der Waals surface area contributed by atoms with Crippen LogP contribution in [-0.2, 0) is 6.54 Å². The Bertz CT molecular complexity index is 750. The molecule has 2 N–H and O–H groups in total. The molecule has 1 fully saturated rings. The molecule has 2 aromatic rings. The molecule has 1 aliphatic heterocycles. The lowest BCUT2D eigenvalue weighted by atomic mass is 10.1. The van der Waals surface area contributed by atoms with Gasteiger partial charge < -0.3 is 15.4 Å². The van der Waals surface area contributed by atoms with Crippen LogP contribution in [0.2, 0.25) is 10.0 Å². The van der Waals surface area contributed by atoms with Gasteiger partial charge in [0.2, 0.25) is 0 Å². The number of ether oxygens (including phenoxy) is 1. The molecule has 6 heteroatoms. The molecule has 1 aliphatic rings. The topological polar surface area (TPSA) is 55.6 Å². The SMILES string of the molecule is NCc1ccc(C(=O)N2CCCC(Oc3ccc(Cl)c(Cl)c3)C2)cc1. The quantitative estimate of drug-likeness (QED) is 0.869. The Morgan fingerprint density at radius 3 is 2.60 bits per heavy atom. The van der Waals surface area contributed by atoms with Gasteiger partial charge in [0.1, 0.15) is 11.9 Å². The summed E-state index contributed by atoms with van der Waals surface area (Å²) in [5.74, 6) is 0.687. The highest BCUT2D eigenvalue weighted by Crippen LogP contribution is 2.28. The van der Waals surface area contributed by atoms with Crippen molar-refractivity contribution >= 4 is 29.1 Å². The first-order valence-corrected chi connectivity index (χ1v) is 9.02. The standard InChI is InChI=1S/C19H20Cl2N2O2/c20-17-8-7-15(10-18(17)21)25-16-2-1-9-23(12-16)19(24)14-5-3-13(11-22)4-6-14/h3-8,10,16H,1-2,9,11-12,22H2. The normalized spacial score (nSPS) is 17.4. The first kappa shape index (κ1) is 18.1. The number of carbonyl (C=O) groups is 1. The number of hydrogen-bond donors (Lipinski definition) is 1. The van der Waals surface area contributed by atoms with Crippen LogP contribution in [-0.4, -0.2) is 30.0 Å². The first-order valence-electron chi connectivity index (χ1n) is 8.27. The van der Waals surface area contributed by atoms with Crippen molar-refractivity contribution in [3.05, 3.63) is 63.6 Å². The van der Waals surface area contributed by atoms with E-state index in [1.165, 1.54) is 0 Å². The van der Waals surface area contributed by atoms with Gasteiger partial charge in [0, 0.05) is 24.7 Å². The zero-order chi connectivity index (χ0) is 17.8. The molecule has 1 amide bonds. The van der Waals surface area contributed by atoms with Crippen molar-refractivity contribution in [3.63, 3.8) is 0 Å². The van der Waals surface area contributed by atoms with Gasteiger partial charge in [0.05, 0.1) is 16.6 Å². The molecule has 0 aliphatic carbocycles. The average molecular weight is 379 g/mol. The highest BCUT2D eigenvalue weighted by Gasteiger charge is 2.25. The fraction of sp³-hybridized carbons (Fsp3) is 0.316. The summed E-state index contributed by atoms with van der Waals surface area (Å²) in [4.78, 5) is 14.5. The smallest absolute Gasteiger partial charge is 0.253 e. The summed E-state index contributed by atoms with van der Waals surface area (Å²) < 4.78 is 5.99. The Hall–Kier alpha value is -1.75. The molecule has 4 nitrogen and oxygen atoms in total. The number of piperidine rings is 1. The maximum Gasteiger partial charge on any atom is 0.253 e. The first-order chi connectivity index (χ1) is 12.1. The van der Waals surface area contributed by atoms with E-state index in [4.69, 9.17) is 33.7 Å². The number of amides is 1. The Morgan fingerprint density at radius 1 is 1.16 bits per heavy atom. The fourth-order valence-electron chi connectivity index (χ4n) is 2.93. The maximum atomic E-state index is 12.7. The molecular weight excluding hydrogens is 359 g/mol. The zero-order valence-electron chi connectivity index (χ0n) is 13.8. The van der Waals surface area contributed by atoms with Crippen LogP contribution in [0.3, 0.4) is 0 Å². The van der Waals surface area contributed by atoms with Crippen LogP contribution in [0.4, 0.5) is 0 Å². The number of rotatable bonds is 4. The number of nitrogens with zero attached hydrogens (tertiary/aromatic N) is 1. The number of benzene rings is 2. The summed E-state index contributed by atoms with van der Waals surface area (Å²) in [5.41, 5.74) is 7.28. The van der Waals surface area contributed by atoms with Crippen molar-refractivity contribution in [1.29, 1.82) is 0 Å². The molecule has 25 heavy (non-hydrogen) atoms. The molecule has 2 aromatic carbocycles. The van der Waals surface area contributed by atoms with E-state index in [1.54, 1.807) is 18.2 Å². The summed E-state index contributed by atoms with van der Waals surface area (Å²) in [5, 5.41) is 0.957. The van der Waals surface area contributed by atoms with E-state index in [0.29, 0.717) is 34.4 Å². The van der Waals surface area contributed by atoms with Gasteiger partial charge in [-0.15, -0.1) is 0 Å². The highest BCUT2D eigenvalue weighted by atomic mass is 35.5. The number of hydrogen-bond acceptors (Lipinski definition) is 3. The van der Waals surface area contributed by atoms with Crippen LogP contribution < -0.4 is 10.5 Å². The molecule has 1 heterocycles. The number of nitrogens with two attached hydrogens (primary N) is 1. The third kappa shape index (κ3) is 4.46. The largest absolute Gasteiger partial charge is 0.489 e. The average Bonchev–Trinajstić information content (AvgIpc) is 2.64. The molecule has 0 aromatic heterocycles. The summed E-state index contributed by atoms with van der Waals surface area (Å²) >= 11 is 12.0. The second kappa shape index (κ2) is 8.09. The lowest BCUT2D eigenvalue weighted by molar-refractivity contribution is 0.0538. The van der Waals surface area contributed by atoms with E-state index in [-0.39, 0.29) is 12.0 Å². The van der Waals surface area contributed by atoms with E-state index in [2.05, 4.69) is 0 Å². The van der Waals surface area contributed by atoms with Crippen LogP contribution in [0, 0.1) is 0 Å². The summed E-state index contributed by atoms with van der Waals surface area (Å²) in [6.45, 7) is 1.76. The van der Waals surface area contributed by atoms with E-state index in [9.17, 15) is 4.79 Å². The van der Waals surface area contributed by atoms with Gasteiger partial charge in [-0.1, -0.05) is 35.3 Å². The highest BCUT2D eigenvalue weighted by molar-refractivity contribution is 6.42. The number of likely N-dealkylation sites (tertiary alicyclic amines) is 1. The lowest BCUT2D eigenvalue weighted by Crippen LogP contribution is -2.44. The number of carbonyl (C=O) groups excluding carboxylic acids is 1. The molecule has 0 saturated carbocycles. The summed E-state index contributed by atoms with van der Waals surface area (Å²) in [6, 6.07) is 12.6. The Labute approximate surface area is 157 Å². The minimum atomic E-state index is -0.0572. The zero-order valence-corrected chi connectivity index (χ0v) is 15.3. The second-order valence-electron chi connectivity index (χ2n) is 6.11. The van der Waals surface area contributed by atoms with Crippen LogP contribution >= 0.6 is 23.2 Å². The summed E-state index contributed by atoms with van der Waals surface area (Å²) in [7, 11) is 0. The molecule has 1 atom stereocenters. The van der Waals surface area contributed by atoms with Crippen molar-refractivity contribution in [2.45, 2.75) is 25.5 Å². The Morgan fingerprint density at radius 2 is 1.92 bits per heavy atom. The van der Waals surface area contributed by atoms with E-state index in [1.807, 2.05) is 29.2 Å².